The zero-order valence-electron chi connectivity index (χ0n) is 11.4. The molecular formula is C16H15BrF3N. The molecule has 112 valence electrons. The minimum atomic E-state index is -4.30. The first-order chi connectivity index (χ1) is 9.90. The predicted octanol–water partition coefficient (Wildman–Crippen LogP) is 4.97. The number of likely N-dealkylation sites (N-methyl/N-ethyl adjacent to an activating group) is 1. The van der Waals surface area contributed by atoms with Crippen LogP contribution in [0.1, 0.15) is 22.7 Å². The van der Waals surface area contributed by atoms with Crippen molar-refractivity contribution in [1.29, 1.82) is 0 Å². The molecule has 5 heteroatoms. The molecule has 0 amide bonds. The molecule has 21 heavy (non-hydrogen) atoms. The molecule has 0 fully saturated rings. The second-order valence-electron chi connectivity index (χ2n) is 4.80. The summed E-state index contributed by atoms with van der Waals surface area (Å²) in [5.74, 6) is 0. The predicted molar refractivity (Wildman–Crippen MR) is 81.1 cm³/mol. The molecule has 0 aliphatic carbocycles. The highest BCUT2D eigenvalue weighted by Crippen LogP contribution is 2.30. The smallest absolute Gasteiger partial charge is 0.313 e. The van der Waals surface area contributed by atoms with Gasteiger partial charge in [0.15, 0.2) is 0 Å². The SMILES string of the molecule is CNC(Cc1cccc(C(F)(F)F)c1)c1cccc(Br)c1. The second-order valence-corrected chi connectivity index (χ2v) is 5.71. The van der Waals surface area contributed by atoms with Gasteiger partial charge in [-0.2, -0.15) is 13.2 Å². The van der Waals surface area contributed by atoms with Crippen molar-refractivity contribution in [3.63, 3.8) is 0 Å². The highest BCUT2D eigenvalue weighted by Gasteiger charge is 2.30. The van der Waals surface area contributed by atoms with E-state index < -0.39 is 11.7 Å². The normalized spacial score (nSPS) is 13.2. The van der Waals surface area contributed by atoms with Gasteiger partial charge in [0.25, 0.3) is 0 Å². The summed E-state index contributed by atoms with van der Waals surface area (Å²) < 4.78 is 39.2. The van der Waals surface area contributed by atoms with Gasteiger partial charge in [-0.1, -0.05) is 46.3 Å². The van der Waals surface area contributed by atoms with E-state index in [1.807, 2.05) is 24.3 Å². The zero-order chi connectivity index (χ0) is 15.5. The molecule has 0 aliphatic heterocycles. The van der Waals surface area contributed by atoms with E-state index in [1.54, 1.807) is 13.1 Å². The quantitative estimate of drug-likeness (QED) is 0.814. The second kappa shape index (κ2) is 6.62. The van der Waals surface area contributed by atoms with E-state index in [4.69, 9.17) is 0 Å². The fourth-order valence-electron chi connectivity index (χ4n) is 2.22. The van der Waals surface area contributed by atoms with Crippen LogP contribution in [0.2, 0.25) is 0 Å². The van der Waals surface area contributed by atoms with Crippen LogP contribution in [0, 0.1) is 0 Å². The summed E-state index contributed by atoms with van der Waals surface area (Å²) >= 11 is 3.41. The largest absolute Gasteiger partial charge is 0.416 e. The number of rotatable bonds is 4. The van der Waals surface area contributed by atoms with Crippen molar-refractivity contribution in [2.24, 2.45) is 0 Å². The van der Waals surface area contributed by atoms with Crippen LogP contribution in [-0.2, 0) is 12.6 Å². The topological polar surface area (TPSA) is 12.0 Å². The summed E-state index contributed by atoms with van der Waals surface area (Å²) in [4.78, 5) is 0. The van der Waals surface area contributed by atoms with Gasteiger partial charge >= 0.3 is 6.18 Å². The Kier molecular flexibility index (Phi) is 5.06. The molecule has 0 bridgehead atoms. The van der Waals surface area contributed by atoms with E-state index in [9.17, 15) is 13.2 Å². The fourth-order valence-corrected chi connectivity index (χ4v) is 2.64. The van der Waals surface area contributed by atoms with E-state index in [1.165, 1.54) is 12.1 Å². The van der Waals surface area contributed by atoms with Crippen molar-refractivity contribution in [3.05, 3.63) is 69.7 Å². The summed E-state index contributed by atoms with van der Waals surface area (Å²) in [5, 5.41) is 3.15. The molecule has 2 aromatic rings. The standard InChI is InChI=1S/C16H15BrF3N/c1-21-15(12-5-3-7-14(17)10-12)9-11-4-2-6-13(8-11)16(18,19)20/h2-8,10,15,21H,9H2,1H3. The van der Waals surface area contributed by atoms with Crippen LogP contribution in [0.5, 0.6) is 0 Å². The molecule has 2 rings (SSSR count). The lowest BCUT2D eigenvalue weighted by Crippen LogP contribution is -2.19. The lowest BCUT2D eigenvalue weighted by molar-refractivity contribution is -0.137. The van der Waals surface area contributed by atoms with Gasteiger partial charge in [0.05, 0.1) is 5.56 Å². The first-order valence-electron chi connectivity index (χ1n) is 6.49. The van der Waals surface area contributed by atoms with Crippen LogP contribution in [0.15, 0.2) is 53.0 Å². The van der Waals surface area contributed by atoms with Crippen LogP contribution >= 0.6 is 15.9 Å². The Hall–Kier alpha value is -1.33. The van der Waals surface area contributed by atoms with Crippen LogP contribution in [-0.4, -0.2) is 7.05 Å². The molecule has 1 unspecified atom stereocenters. The fraction of sp³-hybridized carbons (Fsp3) is 0.250. The highest BCUT2D eigenvalue weighted by molar-refractivity contribution is 9.10. The molecule has 1 nitrogen and oxygen atoms in total. The third-order valence-corrected chi connectivity index (χ3v) is 3.79. The average molecular weight is 358 g/mol. The minimum absolute atomic E-state index is 0.0361. The van der Waals surface area contributed by atoms with Gasteiger partial charge < -0.3 is 5.32 Å². The van der Waals surface area contributed by atoms with Crippen molar-refractivity contribution in [2.75, 3.05) is 7.05 Å². The molecule has 1 atom stereocenters. The molecule has 0 radical (unpaired) electrons. The molecule has 0 saturated heterocycles. The maximum absolute atomic E-state index is 12.7. The van der Waals surface area contributed by atoms with E-state index in [-0.39, 0.29) is 6.04 Å². The monoisotopic (exact) mass is 357 g/mol. The van der Waals surface area contributed by atoms with Gasteiger partial charge in [-0.25, -0.2) is 0 Å². The molecule has 0 aromatic heterocycles. The van der Waals surface area contributed by atoms with Crippen LogP contribution in [0.3, 0.4) is 0 Å². The highest BCUT2D eigenvalue weighted by atomic mass is 79.9. The molecule has 0 saturated carbocycles. The Morgan fingerprint density at radius 1 is 1.10 bits per heavy atom. The van der Waals surface area contributed by atoms with Crippen LogP contribution in [0.4, 0.5) is 13.2 Å². The Morgan fingerprint density at radius 3 is 2.43 bits per heavy atom. The Labute approximate surface area is 130 Å². The summed E-state index contributed by atoms with van der Waals surface area (Å²) in [6.07, 6.45) is -3.81. The summed E-state index contributed by atoms with van der Waals surface area (Å²) in [5.41, 5.74) is 1.08. The van der Waals surface area contributed by atoms with Gasteiger partial charge in [0, 0.05) is 10.5 Å². The van der Waals surface area contributed by atoms with E-state index in [0.717, 1.165) is 16.1 Å². The van der Waals surface area contributed by atoms with Crippen LogP contribution in [0.25, 0.3) is 0 Å². The van der Waals surface area contributed by atoms with E-state index >= 15 is 0 Å². The third kappa shape index (κ3) is 4.32. The first kappa shape index (κ1) is 16.0. The molecular weight excluding hydrogens is 343 g/mol. The number of benzene rings is 2. The molecule has 2 aromatic carbocycles. The van der Waals surface area contributed by atoms with Crippen molar-refractivity contribution in [1.82, 2.24) is 5.32 Å². The van der Waals surface area contributed by atoms with E-state index in [2.05, 4.69) is 21.2 Å². The molecule has 0 spiro atoms. The van der Waals surface area contributed by atoms with Gasteiger partial charge in [-0.05, 0) is 42.8 Å². The average Bonchev–Trinajstić information content (AvgIpc) is 2.44. The minimum Gasteiger partial charge on any atom is -0.313 e. The lowest BCUT2D eigenvalue weighted by atomic mass is 9.98. The summed E-state index contributed by atoms with van der Waals surface area (Å²) in [6.45, 7) is 0. The number of nitrogens with one attached hydrogen (secondary N) is 1. The number of halogens is 4. The van der Waals surface area contributed by atoms with Crippen molar-refractivity contribution in [3.8, 4) is 0 Å². The van der Waals surface area contributed by atoms with Crippen molar-refractivity contribution < 1.29 is 13.2 Å². The molecule has 0 aliphatic rings. The number of hydrogen-bond donors (Lipinski definition) is 1. The Bertz CT molecular complexity index is 610. The maximum atomic E-state index is 12.7. The van der Waals surface area contributed by atoms with Crippen molar-refractivity contribution >= 4 is 15.9 Å². The van der Waals surface area contributed by atoms with E-state index in [0.29, 0.717) is 12.0 Å². The molecule has 1 N–H and O–H groups in total. The van der Waals surface area contributed by atoms with Gasteiger partial charge in [0.2, 0.25) is 0 Å². The third-order valence-electron chi connectivity index (χ3n) is 3.29. The summed E-state index contributed by atoms with van der Waals surface area (Å²) in [7, 11) is 1.80. The molecule has 0 heterocycles. The lowest BCUT2D eigenvalue weighted by Gasteiger charge is -2.18. The Balaban J connectivity index is 2.23. The van der Waals surface area contributed by atoms with Crippen LogP contribution < -0.4 is 5.32 Å². The first-order valence-corrected chi connectivity index (χ1v) is 7.28. The Morgan fingerprint density at radius 2 is 1.81 bits per heavy atom. The summed E-state index contributed by atoms with van der Waals surface area (Å²) in [6, 6.07) is 13.2. The zero-order valence-corrected chi connectivity index (χ0v) is 13.0. The number of alkyl halides is 3. The maximum Gasteiger partial charge on any atom is 0.416 e. The number of hydrogen-bond acceptors (Lipinski definition) is 1. The van der Waals surface area contributed by atoms with Gasteiger partial charge in [-0.3, -0.25) is 0 Å². The van der Waals surface area contributed by atoms with Crippen molar-refractivity contribution in [2.45, 2.75) is 18.6 Å². The van der Waals surface area contributed by atoms with Gasteiger partial charge in [0.1, 0.15) is 0 Å². The van der Waals surface area contributed by atoms with Gasteiger partial charge in [-0.15, -0.1) is 0 Å².